The zero-order chi connectivity index (χ0) is 17.5. The Hall–Kier alpha value is -1.38. The molecule has 132 valence electrons. The minimum absolute atomic E-state index is 0.0806. The van der Waals surface area contributed by atoms with Gasteiger partial charge in [-0.1, -0.05) is 42.5 Å². The molecule has 0 aromatic heterocycles. The summed E-state index contributed by atoms with van der Waals surface area (Å²) in [5.41, 5.74) is 0.393. The fourth-order valence-corrected chi connectivity index (χ4v) is 3.34. The van der Waals surface area contributed by atoms with Gasteiger partial charge >= 0.3 is 0 Å². The molecule has 0 saturated carbocycles. The van der Waals surface area contributed by atoms with E-state index >= 15 is 0 Å². The number of carbonyl (C=O) groups excluding carboxylic acids is 1. The number of rotatable bonds is 6. The van der Waals surface area contributed by atoms with E-state index in [0.29, 0.717) is 5.75 Å². The molecule has 1 fully saturated rings. The summed E-state index contributed by atoms with van der Waals surface area (Å²) >= 11 is 1.33. The molecule has 2 rings (SSSR count). The number of thioether (sulfide) groups is 1. The van der Waals surface area contributed by atoms with Crippen LogP contribution in [0, 0.1) is 0 Å². The van der Waals surface area contributed by atoms with Crippen LogP contribution in [0.4, 0.5) is 0 Å². The van der Waals surface area contributed by atoms with Crippen molar-refractivity contribution in [1.29, 1.82) is 0 Å². The highest BCUT2D eigenvalue weighted by Crippen LogP contribution is 2.28. The summed E-state index contributed by atoms with van der Waals surface area (Å²) < 4.78 is 5.64. The Morgan fingerprint density at radius 2 is 1.92 bits per heavy atom. The van der Waals surface area contributed by atoms with Gasteiger partial charge in [-0.3, -0.25) is 4.79 Å². The predicted octanol–water partition coefficient (Wildman–Crippen LogP) is 0.377. The van der Waals surface area contributed by atoms with E-state index in [1.54, 1.807) is 0 Å². The van der Waals surface area contributed by atoms with Crippen LogP contribution in [0.1, 0.15) is 12.5 Å². The monoisotopic (exact) mass is 353 g/mol. The van der Waals surface area contributed by atoms with Crippen LogP contribution in [-0.2, 0) is 9.53 Å². The Kier molecular flexibility index (Phi) is 7.26. The number of aliphatic hydroxyl groups is 3. The van der Waals surface area contributed by atoms with Crippen LogP contribution in [0.5, 0.6) is 0 Å². The molecule has 1 aliphatic rings. The predicted molar refractivity (Wildman–Crippen MR) is 93.3 cm³/mol. The molecule has 4 N–H and O–H groups in total. The maximum absolute atomic E-state index is 11.0. The molecule has 5 atom stereocenters. The van der Waals surface area contributed by atoms with E-state index in [9.17, 15) is 20.1 Å². The van der Waals surface area contributed by atoms with Crippen LogP contribution in [0.15, 0.2) is 36.4 Å². The largest absolute Gasteiger partial charge is 0.388 e. The Bertz CT molecular complexity index is 553. The highest BCUT2D eigenvalue weighted by molar-refractivity contribution is 7.99. The lowest BCUT2D eigenvalue weighted by Gasteiger charge is -2.40. The first-order valence-corrected chi connectivity index (χ1v) is 8.81. The molecule has 5 unspecified atom stereocenters. The third-order valence-corrected chi connectivity index (χ3v) is 4.79. The third-order valence-electron chi connectivity index (χ3n) is 3.69. The van der Waals surface area contributed by atoms with Crippen LogP contribution in [-0.4, -0.2) is 63.4 Å². The Morgan fingerprint density at radius 1 is 1.21 bits per heavy atom. The summed E-state index contributed by atoms with van der Waals surface area (Å²) in [6, 6.07) is 9.81. The molecular formula is C17H23NO5S. The van der Waals surface area contributed by atoms with Gasteiger partial charge in [-0.25, -0.2) is 0 Å². The molecule has 0 aliphatic carbocycles. The van der Waals surface area contributed by atoms with Gasteiger partial charge in [0.05, 0.1) is 0 Å². The van der Waals surface area contributed by atoms with E-state index in [2.05, 4.69) is 5.32 Å². The van der Waals surface area contributed by atoms with E-state index in [4.69, 9.17) is 4.74 Å². The first-order chi connectivity index (χ1) is 11.5. The van der Waals surface area contributed by atoms with Gasteiger partial charge in [0, 0.05) is 19.2 Å². The summed E-state index contributed by atoms with van der Waals surface area (Å²) in [4.78, 5) is 11.0. The van der Waals surface area contributed by atoms with Gasteiger partial charge in [0.2, 0.25) is 5.91 Å². The van der Waals surface area contributed by atoms with Crippen molar-refractivity contribution in [2.45, 2.75) is 36.8 Å². The van der Waals surface area contributed by atoms with E-state index in [-0.39, 0.29) is 12.5 Å². The number of amides is 1. The second kappa shape index (κ2) is 9.19. The number of benzene rings is 1. The van der Waals surface area contributed by atoms with E-state index in [1.807, 2.05) is 42.5 Å². The second-order valence-electron chi connectivity index (χ2n) is 5.60. The van der Waals surface area contributed by atoms with Crippen LogP contribution < -0.4 is 5.32 Å². The molecule has 1 amide bonds. The Balaban J connectivity index is 1.88. The zero-order valence-electron chi connectivity index (χ0n) is 13.4. The van der Waals surface area contributed by atoms with Gasteiger partial charge in [0.25, 0.3) is 0 Å². The fraction of sp³-hybridized carbons (Fsp3) is 0.471. The number of aliphatic hydroxyl groups excluding tert-OH is 3. The molecule has 0 radical (unpaired) electrons. The Labute approximate surface area is 145 Å². The van der Waals surface area contributed by atoms with Gasteiger partial charge in [-0.15, -0.1) is 11.8 Å². The average Bonchev–Trinajstić information content (AvgIpc) is 2.58. The SMILES string of the molecule is CC(=O)NCC1OC(SC/C=C/c2ccccc2)C(O)C(O)C1O. The zero-order valence-corrected chi connectivity index (χ0v) is 14.2. The van der Waals surface area contributed by atoms with Crippen molar-refractivity contribution in [1.82, 2.24) is 5.32 Å². The molecule has 7 heteroatoms. The van der Waals surface area contributed by atoms with Crippen LogP contribution >= 0.6 is 11.8 Å². The Morgan fingerprint density at radius 3 is 2.58 bits per heavy atom. The number of hydrogen-bond donors (Lipinski definition) is 4. The number of ether oxygens (including phenoxy) is 1. The highest BCUT2D eigenvalue weighted by Gasteiger charge is 2.43. The van der Waals surface area contributed by atoms with E-state index < -0.39 is 29.9 Å². The molecule has 0 spiro atoms. The lowest BCUT2D eigenvalue weighted by molar-refractivity contribution is -0.196. The minimum Gasteiger partial charge on any atom is -0.388 e. The van der Waals surface area contributed by atoms with Crippen LogP contribution in [0.3, 0.4) is 0 Å². The summed E-state index contributed by atoms with van der Waals surface area (Å²) in [6.07, 6.45) is -0.609. The summed E-state index contributed by atoms with van der Waals surface area (Å²) in [5, 5.41) is 32.5. The first kappa shape index (κ1) is 19.0. The standard InChI is InChI=1S/C17H23NO5S/c1-11(19)18-10-13-14(20)15(21)16(22)17(23-13)24-9-5-8-12-6-3-2-4-7-12/h2-8,13-17,20-22H,9-10H2,1H3,(H,18,19)/b8-5+. The van der Waals surface area contributed by atoms with Crippen molar-refractivity contribution in [3.05, 3.63) is 42.0 Å². The van der Waals surface area contributed by atoms with Gasteiger partial charge in [-0.2, -0.15) is 0 Å². The topological polar surface area (TPSA) is 99.0 Å². The van der Waals surface area contributed by atoms with Crippen molar-refractivity contribution in [2.24, 2.45) is 0 Å². The lowest BCUT2D eigenvalue weighted by Crippen LogP contribution is -2.59. The van der Waals surface area contributed by atoms with Crippen LogP contribution in [0.25, 0.3) is 6.08 Å². The molecule has 24 heavy (non-hydrogen) atoms. The maximum atomic E-state index is 11.0. The molecule has 0 bridgehead atoms. The van der Waals surface area contributed by atoms with Crippen LogP contribution in [0.2, 0.25) is 0 Å². The molecule has 1 aromatic rings. The summed E-state index contributed by atoms with van der Waals surface area (Å²) in [6.45, 7) is 1.44. The number of hydrogen-bond acceptors (Lipinski definition) is 6. The normalized spacial score (nSPS) is 30.4. The fourth-order valence-electron chi connectivity index (χ4n) is 2.37. The van der Waals surface area contributed by atoms with E-state index in [0.717, 1.165) is 5.56 Å². The van der Waals surface area contributed by atoms with Crippen molar-refractivity contribution in [3.8, 4) is 0 Å². The van der Waals surface area contributed by atoms with Gasteiger partial charge in [-0.05, 0) is 5.56 Å². The molecular weight excluding hydrogens is 330 g/mol. The molecule has 6 nitrogen and oxygen atoms in total. The summed E-state index contributed by atoms with van der Waals surface area (Å²) in [5.74, 6) is 0.327. The lowest BCUT2D eigenvalue weighted by atomic mass is 10.00. The van der Waals surface area contributed by atoms with Crippen molar-refractivity contribution in [3.63, 3.8) is 0 Å². The van der Waals surface area contributed by atoms with Gasteiger partial charge < -0.3 is 25.4 Å². The summed E-state index contributed by atoms with van der Waals surface area (Å²) in [7, 11) is 0. The minimum atomic E-state index is -1.31. The average molecular weight is 353 g/mol. The molecule has 1 aliphatic heterocycles. The first-order valence-electron chi connectivity index (χ1n) is 7.76. The van der Waals surface area contributed by atoms with E-state index in [1.165, 1.54) is 18.7 Å². The molecule has 1 heterocycles. The smallest absolute Gasteiger partial charge is 0.216 e. The number of nitrogens with one attached hydrogen (secondary N) is 1. The van der Waals surface area contributed by atoms with Crippen molar-refractivity contribution < 1.29 is 24.9 Å². The molecule has 1 aromatic carbocycles. The number of carbonyl (C=O) groups is 1. The quantitative estimate of drug-likeness (QED) is 0.590. The maximum Gasteiger partial charge on any atom is 0.216 e. The molecule has 1 saturated heterocycles. The van der Waals surface area contributed by atoms with Gasteiger partial charge in [0.15, 0.2) is 0 Å². The third kappa shape index (κ3) is 5.32. The second-order valence-corrected chi connectivity index (χ2v) is 6.73. The highest BCUT2D eigenvalue weighted by atomic mass is 32.2. The van der Waals surface area contributed by atoms with Crippen molar-refractivity contribution >= 4 is 23.7 Å². The van der Waals surface area contributed by atoms with Crippen molar-refractivity contribution in [2.75, 3.05) is 12.3 Å². The van der Waals surface area contributed by atoms with Gasteiger partial charge in [0.1, 0.15) is 29.9 Å².